The molecule has 0 spiro atoms. The molecule has 0 aromatic carbocycles. The molecule has 0 amide bonds. The number of piperidine rings is 1. The first-order valence-corrected chi connectivity index (χ1v) is 5.36. The van der Waals surface area contributed by atoms with Crippen LogP contribution in [-0.2, 0) is 4.79 Å². The number of hydrogen-bond acceptors (Lipinski definition) is 3. The molecule has 1 saturated heterocycles. The third-order valence-electron chi connectivity index (χ3n) is 3.18. The number of hydrogen-bond donors (Lipinski definition) is 2. The predicted molar refractivity (Wildman–Crippen MR) is 55.1 cm³/mol. The molecule has 82 valence electrons. The van der Waals surface area contributed by atoms with E-state index in [4.69, 9.17) is 10.8 Å². The Balaban J connectivity index is 2.43. The van der Waals surface area contributed by atoms with Gasteiger partial charge >= 0.3 is 5.97 Å². The number of aliphatic carboxylic acids is 1. The number of carboxylic acid groups (broad SMARTS) is 1. The average molecular weight is 200 g/mol. The summed E-state index contributed by atoms with van der Waals surface area (Å²) >= 11 is 0. The highest BCUT2D eigenvalue weighted by Gasteiger charge is 2.27. The van der Waals surface area contributed by atoms with Crippen LogP contribution in [0, 0.1) is 5.92 Å². The molecule has 0 bridgehead atoms. The molecular formula is C10H20N2O2. The van der Waals surface area contributed by atoms with Crippen LogP contribution < -0.4 is 5.73 Å². The minimum absolute atomic E-state index is 0.214. The van der Waals surface area contributed by atoms with Crippen LogP contribution in [0.5, 0.6) is 0 Å². The fourth-order valence-electron chi connectivity index (χ4n) is 2.08. The number of rotatable bonds is 4. The van der Waals surface area contributed by atoms with Crippen LogP contribution in [0.3, 0.4) is 0 Å². The molecule has 1 fully saturated rings. The quantitative estimate of drug-likeness (QED) is 0.694. The molecule has 1 aliphatic heterocycles. The van der Waals surface area contributed by atoms with Crippen molar-refractivity contribution in [3.05, 3.63) is 0 Å². The zero-order valence-electron chi connectivity index (χ0n) is 8.78. The molecule has 1 rings (SSSR count). The Hall–Kier alpha value is -0.610. The Morgan fingerprint density at radius 2 is 2.14 bits per heavy atom. The lowest BCUT2D eigenvalue weighted by Crippen LogP contribution is -2.49. The monoisotopic (exact) mass is 200 g/mol. The van der Waals surface area contributed by atoms with Gasteiger partial charge < -0.3 is 10.8 Å². The molecule has 1 unspecified atom stereocenters. The van der Waals surface area contributed by atoms with Gasteiger partial charge in [-0.3, -0.25) is 9.69 Å². The van der Waals surface area contributed by atoms with Gasteiger partial charge in [0.05, 0.1) is 0 Å². The Bertz CT molecular complexity index is 189. The van der Waals surface area contributed by atoms with Gasteiger partial charge in [0.15, 0.2) is 0 Å². The lowest BCUT2D eigenvalue weighted by molar-refractivity contribution is -0.143. The van der Waals surface area contributed by atoms with E-state index >= 15 is 0 Å². The van der Waals surface area contributed by atoms with Crippen molar-refractivity contribution in [1.29, 1.82) is 0 Å². The minimum Gasteiger partial charge on any atom is -0.480 e. The average Bonchev–Trinajstić information content (AvgIpc) is 2.19. The summed E-state index contributed by atoms with van der Waals surface area (Å²) in [7, 11) is 0. The van der Waals surface area contributed by atoms with Gasteiger partial charge in [0.1, 0.15) is 6.04 Å². The zero-order chi connectivity index (χ0) is 10.6. The highest BCUT2D eigenvalue weighted by atomic mass is 16.4. The standard InChI is InChI=1S/C10H20N2O2/c1-2-8-3-5-12(6-4-8)9(7-11)10(13)14/h8-9H,2-7,11H2,1H3,(H,13,14). The first-order chi connectivity index (χ1) is 6.69. The molecule has 0 radical (unpaired) electrons. The molecule has 0 aliphatic carbocycles. The first kappa shape index (κ1) is 11.5. The second-order valence-electron chi connectivity index (χ2n) is 3.98. The molecular weight excluding hydrogens is 180 g/mol. The summed E-state index contributed by atoms with van der Waals surface area (Å²) in [5, 5.41) is 8.93. The topological polar surface area (TPSA) is 66.6 Å². The molecule has 0 aromatic rings. The van der Waals surface area contributed by atoms with Crippen LogP contribution in [0.4, 0.5) is 0 Å². The maximum absolute atomic E-state index is 10.9. The highest BCUT2D eigenvalue weighted by Crippen LogP contribution is 2.21. The molecule has 3 N–H and O–H groups in total. The van der Waals surface area contributed by atoms with Crippen molar-refractivity contribution in [2.24, 2.45) is 11.7 Å². The van der Waals surface area contributed by atoms with E-state index in [9.17, 15) is 4.79 Å². The lowest BCUT2D eigenvalue weighted by atomic mass is 9.93. The number of nitrogens with zero attached hydrogens (tertiary/aromatic N) is 1. The molecule has 4 nitrogen and oxygen atoms in total. The van der Waals surface area contributed by atoms with Crippen molar-refractivity contribution in [1.82, 2.24) is 4.90 Å². The fraction of sp³-hybridized carbons (Fsp3) is 0.900. The van der Waals surface area contributed by atoms with E-state index in [2.05, 4.69) is 6.92 Å². The minimum atomic E-state index is -0.789. The zero-order valence-corrected chi connectivity index (χ0v) is 8.78. The van der Waals surface area contributed by atoms with Gasteiger partial charge in [0.2, 0.25) is 0 Å². The summed E-state index contributed by atoms with van der Waals surface area (Å²) in [6.45, 7) is 4.17. The van der Waals surface area contributed by atoms with E-state index in [1.807, 2.05) is 4.90 Å². The van der Waals surface area contributed by atoms with E-state index in [0.29, 0.717) is 0 Å². The van der Waals surface area contributed by atoms with E-state index in [1.54, 1.807) is 0 Å². The van der Waals surface area contributed by atoms with Crippen LogP contribution in [-0.4, -0.2) is 41.7 Å². The van der Waals surface area contributed by atoms with Crippen molar-refractivity contribution < 1.29 is 9.90 Å². The van der Waals surface area contributed by atoms with Gasteiger partial charge in [-0.15, -0.1) is 0 Å². The van der Waals surface area contributed by atoms with Crippen molar-refractivity contribution in [2.45, 2.75) is 32.2 Å². The van der Waals surface area contributed by atoms with Crippen LogP contribution in [0.1, 0.15) is 26.2 Å². The smallest absolute Gasteiger partial charge is 0.322 e. The van der Waals surface area contributed by atoms with Gasteiger partial charge in [0.25, 0.3) is 0 Å². The van der Waals surface area contributed by atoms with Crippen molar-refractivity contribution in [3.8, 4) is 0 Å². The van der Waals surface area contributed by atoms with Crippen LogP contribution >= 0.6 is 0 Å². The molecule has 14 heavy (non-hydrogen) atoms. The largest absolute Gasteiger partial charge is 0.480 e. The lowest BCUT2D eigenvalue weighted by Gasteiger charge is -2.34. The van der Waals surface area contributed by atoms with Gasteiger partial charge in [-0.1, -0.05) is 13.3 Å². The SMILES string of the molecule is CCC1CCN(C(CN)C(=O)O)CC1. The molecule has 0 saturated carbocycles. The summed E-state index contributed by atoms with van der Waals surface area (Å²) in [5.41, 5.74) is 5.45. The Labute approximate surface area is 85.1 Å². The van der Waals surface area contributed by atoms with Gasteiger partial charge in [-0.25, -0.2) is 0 Å². The number of likely N-dealkylation sites (tertiary alicyclic amines) is 1. The van der Waals surface area contributed by atoms with Crippen molar-refractivity contribution in [2.75, 3.05) is 19.6 Å². The van der Waals surface area contributed by atoms with E-state index in [0.717, 1.165) is 31.8 Å². The second-order valence-corrected chi connectivity index (χ2v) is 3.98. The molecule has 4 heteroatoms. The van der Waals surface area contributed by atoms with Crippen molar-refractivity contribution >= 4 is 5.97 Å². The molecule has 1 aliphatic rings. The summed E-state index contributed by atoms with van der Waals surface area (Å²) in [4.78, 5) is 12.9. The van der Waals surface area contributed by atoms with E-state index in [1.165, 1.54) is 6.42 Å². The maximum atomic E-state index is 10.9. The fourth-order valence-corrected chi connectivity index (χ4v) is 2.08. The molecule has 1 heterocycles. The van der Waals surface area contributed by atoms with Gasteiger partial charge in [0, 0.05) is 6.54 Å². The van der Waals surface area contributed by atoms with Crippen LogP contribution in [0.2, 0.25) is 0 Å². The molecule has 0 aromatic heterocycles. The Kier molecular flexibility index (Phi) is 4.35. The second kappa shape index (κ2) is 5.32. The highest BCUT2D eigenvalue weighted by molar-refractivity contribution is 5.73. The summed E-state index contributed by atoms with van der Waals surface area (Å²) in [5.74, 6) is -0.0130. The van der Waals surface area contributed by atoms with E-state index < -0.39 is 12.0 Å². The number of nitrogens with two attached hydrogens (primary N) is 1. The summed E-state index contributed by atoms with van der Waals surface area (Å²) in [6.07, 6.45) is 3.43. The third kappa shape index (κ3) is 2.69. The number of carboxylic acids is 1. The Morgan fingerprint density at radius 1 is 1.57 bits per heavy atom. The normalized spacial score (nSPS) is 22.1. The maximum Gasteiger partial charge on any atom is 0.322 e. The van der Waals surface area contributed by atoms with Crippen LogP contribution in [0.15, 0.2) is 0 Å². The first-order valence-electron chi connectivity index (χ1n) is 5.36. The van der Waals surface area contributed by atoms with Gasteiger partial charge in [-0.05, 0) is 31.8 Å². The summed E-state index contributed by atoms with van der Waals surface area (Å²) < 4.78 is 0. The van der Waals surface area contributed by atoms with Crippen molar-refractivity contribution in [3.63, 3.8) is 0 Å². The van der Waals surface area contributed by atoms with Crippen LogP contribution in [0.25, 0.3) is 0 Å². The third-order valence-corrected chi connectivity index (χ3v) is 3.18. The summed E-state index contributed by atoms with van der Waals surface area (Å²) in [6, 6.07) is -0.479. The van der Waals surface area contributed by atoms with Gasteiger partial charge in [-0.2, -0.15) is 0 Å². The number of carbonyl (C=O) groups is 1. The predicted octanol–water partition coefficient (Wildman–Crippen LogP) is 0.520. The van der Waals surface area contributed by atoms with E-state index in [-0.39, 0.29) is 6.54 Å². The molecule has 1 atom stereocenters. The Morgan fingerprint density at radius 3 is 2.50 bits per heavy atom.